The summed E-state index contributed by atoms with van der Waals surface area (Å²) >= 11 is 1.59. The van der Waals surface area contributed by atoms with E-state index in [0.717, 1.165) is 16.5 Å². The van der Waals surface area contributed by atoms with Crippen LogP contribution in [0.15, 0.2) is 46.6 Å². The Morgan fingerprint density at radius 3 is 2.79 bits per heavy atom. The zero-order valence-electron chi connectivity index (χ0n) is 13.4. The van der Waals surface area contributed by atoms with Crippen LogP contribution in [0, 0.1) is 0 Å². The van der Waals surface area contributed by atoms with E-state index in [1.165, 1.54) is 0 Å². The van der Waals surface area contributed by atoms with Crippen LogP contribution in [-0.4, -0.2) is 28.7 Å². The summed E-state index contributed by atoms with van der Waals surface area (Å²) < 4.78 is 5.59. The van der Waals surface area contributed by atoms with Gasteiger partial charge in [0, 0.05) is 26.0 Å². The lowest BCUT2D eigenvalue weighted by atomic mass is 10.2. The van der Waals surface area contributed by atoms with Crippen molar-refractivity contribution in [3.63, 3.8) is 0 Å². The molecule has 1 aromatic carbocycles. The first-order valence-corrected chi connectivity index (χ1v) is 8.65. The summed E-state index contributed by atoms with van der Waals surface area (Å²) in [4.78, 5) is 17.0. The third-order valence-electron chi connectivity index (χ3n) is 4.00. The maximum Gasteiger partial charge on any atom is 0.262 e. The normalized spacial score (nSPS) is 11.6. The van der Waals surface area contributed by atoms with E-state index < -0.39 is 0 Å². The minimum absolute atomic E-state index is 0.0312. The molecule has 3 aromatic heterocycles. The number of aryl methyl sites for hydroxylation is 2. The van der Waals surface area contributed by atoms with Crippen LogP contribution in [0.25, 0.3) is 16.7 Å². The number of fused-ring (bicyclic) bond motifs is 3. The fourth-order valence-electron chi connectivity index (χ4n) is 2.81. The van der Waals surface area contributed by atoms with Crippen molar-refractivity contribution < 1.29 is 0 Å². The predicted molar refractivity (Wildman–Crippen MR) is 93.2 cm³/mol. The summed E-state index contributed by atoms with van der Waals surface area (Å²) in [5.74, 6) is 2.01. The molecule has 0 radical (unpaired) electrons. The summed E-state index contributed by atoms with van der Waals surface area (Å²) in [7, 11) is 1.96. The minimum Gasteiger partial charge on any atom is -0.329 e. The molecule has 0 atom stereocenters. The summed E-state index contributed by atoms with van der Waals surface area (Å²) in [6.45, 7) is 2.49. The van der Waals surface area contributed by atoms with E-state index in [2.05, 4.69) is 15.2 Å². The first-order valence-electron chi connectivity index (χ1n) is 7.66. The van der Waals surface area contributed by atoms with Gasteiger partial charge in [0.15, 0.2) is 5.16 Å². The van der Waals surface area contributed by atoms with Gasteiger partial charge in [0.1, 0.15) is 5.82 Å². The average molecular weight is 340 g/mol. The maximum atomic E-state index is 12.6. The molecule has 0 spiro atoms. The number of benzene rings is 1. The molecule has 0 saturated carbocycles. The lowest BCUT2D eigenvalue weighted by Gasteiger charge is -2.09. The Bertz CT molecular complexity index is 1090. The van der Waals surface area contributed by atoms with Crippen LogP contribution in [0.3, 0.4) is 0 Å². The molecule has 24 heavy (non-hydrogen) atoms. The largest absolute Gasteiger partial charge is 0.329 e. The van der Waals surface area contributed by atoms with Crippen molar-refractivity contribution in [3.8, 4) is 0 Å². The monoisotopic (exact) mass is 340 g/mol. The van der Waals surface area contributed by atoms with Gasteiger partial charge in [-0.1, -0.05) is 23.9 Å². The van der Waals surface area contributed by atoms with Gasteiger partial charge in [-0.05, 0) is 19.1 Å². The standard InChI is InChI=1S/C16H16N6OS/c1-3-21-14(23)11-6-4-5-7-12(11)22-13(18-19-15(21)22)10-24-16-17-8-9-20(16)2/h4-9H,3,10H2,1-2H3. The van der Waals surface area contributed by atoms with E-state index in [4.69, 9.17) is 0 Å². The molecule has 0 aliphatic rings. The molecular weight excluding hydrogens is 324 g/mol. The van der Waals surface area contributed by atoms with Crippen LogP contribution in [0.4, 0.5) is 0 Å². The number of thioether (sulfide) groups is 1. The van der Waals surface area contributed by atoms with Crippen LogP contribution in [0.2, 0.25) is 0 Å². The molecule has 122 valence electrons. The van der Waals surface area contributed by atoms with E-state index >= 15 is 0 Å². The summed E-state index contributed by atoms with van der Waals surface area (Å²) in [5.41, 5.74) is 0.805. The number of para-hydroxylation sites is 1. The van der Waals surface area contributed by atoms with E-state index in [-0.39, 0.29) is 5.56 Å². The molecule has 0 fully saturated rings. The van der Waals surface area contributed by atoms with E-state index in [1.54, 1.807) is 22.5 Å². The second-order valence-corrected chi connectivity index (χ2v) is 6.37. The van der Waals surface area contributed by atoms with Crippen LogP contribution in [0.5, 0.6) is 0 Å². The first-order chi connectivity index (χ1) is 11.7. The SMILES string of the molecule is CCn1c(=O)c2ccccc2n2c(CSc3nccn3C)nnc12. The molecule has 0 N–H and O–H groups in total. The predicted octanol–water partition coefficient (Wildman–Crippen LogP) is 2.09. The maximum absolute atomic E-state index is 12.6. The topological polar surface area (TPSA) is 70.0 Å². The fraction of sp³-hybridized carbons (Fsp3) is 0.250. The van der Waals surface area contributed by atoms with Crippen molar-refractivity contribution in [1.29, 1.82) is 0 Å². The number of nitrogens with zero attached hydrogens (tertiary/aromatic N) is 6. The van der Waals surface area contributed by atoms with Crippen molar-refractivity contribution in [2.24, 2.45) is 7.05 Å². The van der Waals surface area contributed by atoms with Gasteiger partial charge in [-0.2, -0.15) is 0 Å². The number of aromatic nitrogens is 6. The molecule has 8 heteroatoms. The number of imidazole rings is 1. The molecular formula is C16H16N6OS. The molecule has 0 bridgehead atoms. The van der Waals surface area contributed by atoms with Gasteiger partial charge in [-0.3, -0.25) is 13.8 Å². The molecule has 4 rings (SSSR count). The van der Waals surface area contributed by atoms with Crippen molar-refractivity contribution in [3.05, 3.63) is 52.8 Å². The molecule has 7 nitrogen and oxygen atoms in total. The second-order valence-electron chi connectivity index (χ2n) is 5.43. The van der Waals surface area contributed by atoms with Gasteiger partial charge in [-0.25, -0.2) is 4.98 Å². The molecule has 3 heterocycles. The molecule has 0 aliphatic heterocycles. The fourth-order valence-corrected chi connectivity index (χ4v) is 3.66. The molecule has 4 aromatic rings. The lowest BCUT2D eigenvalue weighted by molar-refractivity contribution is 0.735. The highest BCUT2D eigenvalue weighted by molar-refractivity contribution is 7.98. The van der Waals surface area contributed by atoms with Crippen LogP contribution in [0.1, 0.15) is 12.7 Å². The van der Waals surface area contributed by atoms with Crippen LogP contribution >= 0.6 is 11.8 Å². The van der Waals surface area contributed by atoms with Crippen LogP contribution in [-0.2, 0) is 19.3 Å². The van der Waals surface area contributed by atoms with E-state index in [0.29, 0.717) is 23.5 Å². The third kappa shape index (κ3) is 2.22. The molecule has 0 amide bonds. The van der Waals surface area contributed by atoms with Crippen molar-refractivity contribution in [1.82, 2.24) is 28.7 Å². The van der Waals surface area contributed by atoms with Gasteiger partial charge in [0.25, 0.3) is 5.56 Å². The Morgan fingerprint density at radius 1 is 1.21 bits per heavy atom. The minimum atomic E-state index is -0.0312. The smallest absolute Gasteiger partial charge is 0.262 e. The third-order valence-corrected chi connectivity index (χ3v) is 5.05. The Morgan fingerprint density at radius 2 is 2.04 bits per heavy atom. The van der Waals surface area contributed by atoms with Gasteiger partial charge in [0.2, 0.25) is 5.78 Å². The number of rotatable bonds is 4. The summed E-state index contributed by atoms with van der Waals surface area (Å²) in [6, 6.07) is 7.58. The van der Waals surface area contributed by atoms with Gasteiger partial charge < -0.3 is 4.57 Å². The Labute approximate surface area is 142 Å². The molecule has 0 unspecified atom stereocenters. The van der Waals surface area contributed by atoms with Crippen molar-refractivity contribution >= 4 is 28.4 Å². The van der Waals surface area contributed by atoms with Crippen molar-refractivity contribution in [2.45, 2.75) is 24.4 Å². The lowest BCUT2D eigenvalue weighted by Crippen LogP contribution is -2.22. The zero-order chi connectivity index (χ0) is 16.7. The van der Waals surface area contributed by atoms with Gasteiger partial charge in [0.05, 0.1) is 16.7 Å². The Hall–Kier alpha value is -2.61. The highest BCUT2D eigenvalue weighted by atomic mass is 32.2. The van der Waals surface area contributed by atoms with E-state index in [1.807, 2.05) is 53.4 Å². The van der Waals surface area contributed by atoms with E-state index in [9.17, 15) is 4.79 Å². The van der Waals surface area contributed by atoms with Crippen molar-refractivity contribution in [2.75, 3.05) is 0 Å². The summed E-state index contributed by atoms with van der Waals surface area (Å²) in [5, 5.41) is 10.2. The molecule has 0 saturated heterocycles. The number of hydrogen-bond donors (Lipinski definition) is 0. The Kier molecular flexibility index (Phi) is 3.61. The molecule has 0 aliphatic carbocycles. The summed E-state index contributed by atoms with van der Waals surface area (Å²) in [6.07, 6.45) is 3.68. The second kappa shape index (κ2) is 5.79. The highest BCUT2D eigenvalue weighted by Gasteiger charge is 2.16. The number of hydrogen-bond acceptors (Lipinski definition) is 5. The zero-order valence-corrected chi connectivity index (χ0v) is 14.2. The highest BCUT2D eigenvalue weighted by Crippen LogP contribution is 2.22. The van der Waals surface area contributed by atoms with Gasteiger partial charge in [-0.15, -0.1) is 10.2 Å². The quantitative estimate of drug-likeness (QED) is 0.532. The Balaban J connectivity index is 1.90. The van der Waals surface area contributed by atoms with Crippen LogP contribution < -0.4 is 5.56 Å². The average Bonchev–Trinajstić information content (AvgIpc) is 3.20. The van der Waals surface area contributed by atoms with Gasteiger partial charge >= 0.3 is 0 Å². The first kappa shape index (κ1) is 14.9.